The van der Waals surface area contributed by atoms with Gasteiger partial charge >= 0.3 is 0 Å². The lowest BCUT2D eigenvalue weighted by Gasteiger charge is -2.42. The third-order valence-electron chi connectivity index (χ3n) is 8.70. The molecule has 1 fully saturated rings. The molecule has 1 aromatic heterocycles. The van der Waals surface area contributed by atoms with E-state index < -0.39 is 0 Å². The van der Waals surface area contributed by atoms with Crippen molar-refractivity contribution in [3.63, 3.8) is 0 Å². The number of ether oxygens (including phenoxy) is 5. The van der Waals surface area contributed by atoms with Crippen molar-refractivity contribution in [3.8, 4) is 5.75 Å². The largest absolute Gasteiger partial charge is 0.493 e. The van der Waals surface area contributed by atoms with Crippen LogP contribution in [0.5, 0.6) is 5.75 Å². The number of rotatable bonds is 21. The minimum atomic E-state index is -0.300. The number of benzene rings is 2. The van der Waals surface area contributed by atoms with Gasteiger partial charge in [0, 0.05) is 47.8 Å². The SMILES string of the molecule is CCCCOC[C@@H]1C[C@H](OCCCC)[C@H](OCCCC)[C@H](c2cc(Cc3cc4ccccc4s3)c(CC)cc2OCCCC)O1. The summed E-state index contributed by atoms with van der Waals surface area (Å²) in [5.41, 5.74) is 3.75. The highest BCUT2D eigenvalue weighted by molar-refractivity contribution is 7.19. The summed E-state index contributed by atoms with van der Waals surface area (Å²) in [7, 11) is 0. The van der Waals surface area contributed by atoms with Gasteiger partial charge in [-0.3, -0.25) is 0 Å². The lowest BCUT2D eigenvalue weighted by molar-refractivity contribution is -0.213. The molecule has 0 bridgehead atoms. The molecule has 0 saturated carbocycles. The van der Waals surface area contributed by atoms with Crippen LogP contribution in [0.25, 0.3) is 10.1 Å². The number of hydrogen-bond acceptors (Lipinski definition) is 6. The van der Waals surface area contributed by atoms with Gasteiger partial charge in [-0.2, -0.15) is 0 Å². The quantitative estimate of drug-likeness (QED) is 0.109. The molecule has 1 aliphatic heterocycles. The fraction of sp³-hybridized carbons (Fsp3) is 0.641. The summed E-state index contributed by atoms with van der Waals surface area (Å²) in [5.74, 6) is 0.925. The van der Waals surface area contributed by atoms with Crippen molar-refractivity contribution in [2.24, 2.45) is 0 Å². The first-order valence-electron chi connectivity index (χ1n) is 17.8. The maximum Gasteiger partial charge on any atom is 0.125 e. The fourth-order valence-electron chi connectivity index (χ4n) is 6.01. The molecule has 6 heteroatoms. The Hall–Kier alpha value is -1.96. The Labute approximate surface area is 276 Å². The van der Waals surface area contributed by atoms with Crippen LogP contribution in [-0.2, 0) is 31.8 Å². The number of aryl methyl sites for hydroxylation is 1. The van der Waals surface area contributed by atoms with Crippen LogP contribution in [0.3, 0.4) is 0 Å². The van der Waals surface area contributed by atoms with Gasteiger partial charge in [0.2, 0.25) is 0 Å². The van der Waals surface area contributed by atoms with Crippen LogP contribution >= 0.6 is 11.3 Å². The second kappa shape index (κ2) is 19.6. The predicted octanol–water partition coefficient (Wildman–Crippen LogP) is 10.3. The first kappa shape index (κ1) is 35.9. The van der Waals surface area contributed by atoms with E-state index in [0.29, 0.717) is 19.8 Å². The zero-order valence-corrected chi connectivity index (χ0v) is 29.4. The fourth-order valence-corrected chi connectivity index (χ4v) is 7.10. The number of fused-ring (bicyclic) bond motifs is 1. The molecule has 2 aromatic carbocycles. The molecule has 250 valence electrons. The van der Waals surface area contributed by atoms with Gasteiger partial charge in [0.15, 0.2) is 0 Å². The van der Waals surface area contributed by atoms with Crippen LogP contribution in [0.2, 0.25) is 0 Å². The molecule has 45 heavy (non-hydrogen) atoms. The van der Waals surface area contributed by atoms with Crippen LogP contribution in [0.1, 0.15) is 120 Å². The van der Waals surface area contributed by atoms with Crippen molar-refractivity contribution >= 4 is 21.4 Å². The average Bonchev–Trinajstić information content (AvgIpc) is 3.47. The lowest BCUT2D eigenvalue weighted by atomic mass is 9.89. The van der Waals surface area contributed by atoms with Crippen LogP contribution in [0.15, 0.2) is 42.5 Å². The third kappa shape index (κ3) is 10.5. The molecular formula is C39H58O5S. The highest BCUT2D eigenvalue weighted by Gasteiger charge is 2.42. The summed E-state index contributed by atoms with van der Waals surface area (Å²) in [6, 6.07) is 15.7. The lowest BCUT2D eigenvalue weighted by Crippen LogP contribution is -2.48. The van der Waals surface area contributed by atoms with Gasteiger partial charge in [-0.05, 0) is 72.9 Å². The molecule has 0 N–H and O–H groups in total. The van der Waals surface area contributed by atoms with Crippen molar-refractivity contribution in [1.29, 1.82) is 0 Å². The molecule has 1 aliphatic rings. The minimum absolute atomic E-state index is 0.0627. The summed E-state index contributed by atoms with van der Waals surface area (Å²) < 4.78 is 34.4. The predicted molar refractivity (Wildman–Crippen MR) is 188 cm³/mol. The molecule has 0 radical (unpaired) electrons. The van der Waals surface area contributed by atoms with Crippen molar-refractivity contribution < 1.29 is 23.7 Å². The Balaban J connectivity index is 1.74. The molecule has 0 amide bonds. The van der Waals surface area contributed by atoms with E-state index in [1.54, 1.807) is 0 Å². The van der Waals surface area contributed by atoms with E-state index in [4.69, 9.17) is 23.7 Å². The van der Waals surface area contributed by atoms with E-state index >= 15 is 0 Å². The van der Waals surface area contributed by atoms with Gasteiger partial charge in [0.1, 0.15) is 18.0 Å². The highest BCUT2D eigenvalue weighted by atomic mass is 32.1. The zero-order chi connectivity index (χ0) is 31.9. The van der Waals surface area contributed by atoms with E-state index in [1.807, 2.05) is 11.3 Å². The smallest absolute Gasteiger partial charge is 0.125 e. The van der Waals surface area contributed by atoms with Gasteiger partial charge in [0.05, 0.1) is 25.4 Å². The summed E-state index contributed by atoms with van der Waals surface area (Å²) in [6.07, 6.45) is 10.5. The molecular weight excluding hydrogens is 580 g/mol. The molecule has 1 saturated heterocycles. The Morgan fingerprint density at radius 1 is 0.778 bits per heavy atom. The molecule has 0 spiro atoms. The number of unbranched alkanes of at least 4 members (excludes halogenated alkanes) is 4. The van der Waals surface area contributed by atoms with Gasteiger partial charge in [-0.1, -0.05) is 78.5 Å². The van der Waals surface area contributed by atoms with E-state index in [9.17, 15) is 0 Å². The Bertz CT molecular complexity index is 1220. The minimum Gasteiger partial charge on any atom is -0.493 e. The third-order valence-corrected chi connectivity index (χ3v) is 9.82. The second-order valence-electron chi connectivity index (χ2n) is 12.4. The molecule has 4 atom stereocenters. The molecule has 3 aromatic rings. The van der Waals surface area contributed by atoms with Crippen molar-refractivity contribution in [1.82, 2.24) is 0 Å². The van der Waals surface area contributed by atoms with Gasteiger partial charge in [-0.25, -0.2) is 0 Å². The number of thiophene rings is 1. The molecule has 0 aliphatic carbocycles. The van der Waals surface area contributed by atoms with E-state index in [2.05, 4.69) is 77.1 Å². The highest BCUT2D eigenvalue weighted by Crippen LogP contribution is 2.42. The monoisotopic (exact) mass is 638 g/mol. The second-order valence-corrected chi connectivity index (χ2v) is 13.6. The van der Waals surface area contributed by atoms with Gasteiger partial charge in [0.25, 0.3) is 0 Å². The van der Waals surface area contributed by atoms with Crippen LogP contribution < -0.4 is 4.74 Å². The molecule has 0 unspecified atom stereocenters. The van der Waals surface area contributed by atoms with E-state index in [0.717, 1.165) is 95.2 Å². The zero-order valence-electron chi connectivity index (χ0n) is 28.6. The van der Waals surface area contributed by atoms with Crippen molar-refractivity contribution in [2.45, 2.75) is 130 Å². The first-order valence-corrected chi connectivity index (χ1v) is 18.7. The van der Waals surface area contributed by atoms with E-state index in [-0.39, 0.29) is 24.4 Å². The van der Waals surface area contributed by atoms with Gasteiger partial charge in [-0.15, -0.1) is 11.3 Å². The standard InChI is InChI=1S/C39H58O5S/c1-6-11-19-40-28-32-27-36(42-21-13-8-3)39(43-22-14-9-4)38(44-32)34-25-31(29(10-5)26-35(34)41-20-12-7-2)24-33-23-30-17-15-16-18-37(30)45-33/h15-18,23,25-26,32,36,38-39H,6-14,19-22,24,27-28H2,1-5H3/t32-,36-,38-,39-/m0/s1. The maximum absolute atomic E-state index is 7.00. The Kier molecular flexibility index (Phi) is 15.7. The average molecular weight is 639 g/mol. The summed E-state index contributed by atoms with van der Waals surface area (Å²) in [5, 5.41) is 1.31. The van der Waals surface area contributed by atoms with Crippen molar-refractivity contribution in [2.75, 3.05) is 33.0 Å². The topological polar surface area (TPSA) is 46.2 Å². The van der Waals surface area contributed by atoms with Gasteiger partial charge < -0.3 is 23.7 Å². The summed E-state index contributed by atoms with van der Waals surface area (Å²) >= 11 is 1.89. The first-order chi connectivity index (χ1) is 22.1. The molecule has 4 rings (SSSR count). The normalized spacial score (nSPS) is 20.2. The summed E-state index contributed by atoms with van der Waals surface area (Å²) in [4.78, 5) is 1.37. The molecule has 2 heterocycles. The van der Waals surface area contributed by atoms with Crippen LogP contribution in [0.4, 0.5) is 0 Å². The van der Waals surface area contributed by atoms with Crippen molar-refractivity contribution in [3.05, 3.63) is 64.0 Å². The molecule has 5 nitrogen and oxygen atoms in total. The summed E-state index contributed by atoms with van der Waals surface area (Å²) in [6.45, 7) is 14.5. The Morgan fingerprint density at radius 2 is 1.49 bits per heavy atom. The number of hydrogen-bond donors (Lipinski definition) is 0. The van der Waals surface area contributed by atoms with E-state index in [1.165, 1.54) is 26.1 Å². The Morgan fingerprint density at radius 3 is 2.22 bits per heavy atom. The maximum atomic E-state index is 7.00. The van der Waals surface area contributed by atoms with Crippen LogP contribution in [0, 0.1) is 0 Å². The van der Waals surface area contributed by atoms with Crippen LogP contribution in [-0.4, -0.2) is 51.3 Å².